The molecule has 3 aliphatic rings. The van der Waals surface area contributed by atoms with E-state index in [0.29, 0.717) is 61.0 Å². The maximum Gasteiger partial charge on any atom is 0.320 e. The second-order valence-electron chi connectivity index (χ2n) is 12.6. The third kappa shape index (κ3) is 6.56. The third-order valence-corrected chi connectivity index (χ3v) is 10.8. The minimum atomic E-state index is -0.898. The van der Waals surface area contributed by atoms with Gasteiger partial charge < -0.3 is 20.8 Å². The maximum absolute atomic E-state index is 13.5. The molecule has 49 heavy (non-hydrogen) atoms. The number of aromatic nitrogens is 1. The van der Waals surface area contributed by atoms with Crippen LogP contribution in [0.25, 0.3) is 11.1 Å². The van der Waals surface area contributed by atoms with Gasteiger partial charge in [-0.1, -0.05) is 30.8 Å². The molecule has 3 aromatic rings. The Labute approximate surface area is 287 Å². The van der Waals surface area contributed by atoms with Crippen LogP contribution < -0.4 is 10.6 Å². The lowest BCUT2D eigenvalue weighted by Gasteiger charge is -2.30. The highest BCUT2D eigenvalue weighted by Gasteiger charge is 2.34. The zero-order valence-corrected chi connectivity index (χ0v) is 28.6. The van der Waals surface area contributed by atoms with Crippen LogP contribution in [0, 0.1) is 13.8 Å². The fraction of sp³-hybridized carbons (Fsp3) is 0.333. The first-order chi connectivity index (χ1) is 23.3. The average molecular weight is 683 g/mol. The zero-order valence-electron chi connectivity index (χ0n) is 27.8. The monoisotopic (exact) mass is 682 g/mol. The van der Waals surface area contributed by atoms with E-state index in [9.17, 15) is 29.4 Å². The van der Waals surface area contributed by atoms with Crippen molar-refractivity contribution in [2.45, 2.75) is 59.2 Å². The summed E-state index contributed by atoms with van der Waals surface area (Å²) in [4.78, 5) is 63.6. The van der Waals surface area contributed by atoms with Gasteiger partial charge in [0.05, 0.1) is 5.69 Å². The smallest absolute Gasteiger partial charge is 0.320 e. The maximum atomic E-state index is 13.5. The molecule has 2 amide bonds. The van der Waals surface area contributed by atoms with Crippen LogP contribution in [0.1, 0.15) is 51.8 Å². The zero-order chi connectivity index (χ0) is 35.1. The number of benzene rings is 2. The molecular weight excluding hydrogens is 644 g/mol. The van der Waals surface area contributed by atoms with E-state index in [1.807, 2.05) is 60.0 Å². The molecule has 6 rings (SSSR count). The minimum absolute atomic E-state index is 0.230. The second kappa shape index (κ2) is 13.5. The fourth-order valence-electron chi connectivity index (χ4n) is 6.47. The number of hydrogen-bond acceptors (Lipinski definition) is 9. The molecule has 0 spiro atoms. The molecule has 2 unspecified atom stereocenters. The van der Waals surface area contributed by atoms with Crippen molar-refractivity contribution in [1.82, 2.24) is 14.8 Å². The van der Waals surface area contributed by atoms with Crippen molar-refractivity contribution in [3.8, 4) is 11.1 Å². The predicted octanol–water partition coefficient (Wildman–Crippen LogP) is 4.89. The summed E-state index contributed by atoms with van der Waals surface area (Å²) in [6.45, 7) is 13.2. The molecule has 3 aliphatic heterocycles. The summed E-state index contributed by atoms with van der Waals surface area (Å²) >= 11 is 1.29. The molecule has 4 N–H and O–H groups in total. The molecular formula is C36H38N6O6S. The van der Waals surface area contributed by atoms with Crippen molar-refractivity contribution in [3.63, 3.8) is 0 Å². The van der Waals surface area contributed by atoms with E-state index < -0.39 is 24.0 Å². The van der Waals surface area contributed by atoms with E-state index in [1.165, 1.54) is 11.3 Å². The minimum Gasteiger partial charge on any atom is -0.480 e. The highest BCUT2D eigenvalue weighted by molar-refractivity contribution is 7.13. The summed E-state index contributed by atoms with van der Waals surface area (Å²) in [5.74, 6) is -2.49. The molecule has 1 aromatic heterocycles. The van der Waals surface area contributed by atoms with Crippen LogP contribution in [0.2, 0.25) is 0 Å². The van der Waals surface area contributed by atoms with E-state index in [-0.39, 0.29) is 17.5 Å². The number of carboxylic acid groups (broad SMARTS) is 2. The van der Waals surface area contributed by atoms with Gasteiger partial charge in [-0.3, -0.25) is 29.0 Å². The van der Waals surface area contributed by atoms with Gasteiger partial charge in [-0.05, 0) is 67.7 Å². The van der Waals surface area contributed by atoms with Crippen molar-refractivity contribution in [3.05, 3.63) is 86.5 Å². The number of fused-ring (bicyclic) bond motifs is 1. The first kappa shape index (κ1) is 33.9. The Morgan fingerprint density at radius 2 is 1.39 bits per heavy atom. The highest BCUT2D eigenvalue weighted by atomic mass is 32.1. The number of carbonyl (C=O) groups excluding carboxylic acids is 2. The fourth-order valence-corrected chi connectivity index (χ4v) is 7.50. The third-order valence-electron chi connectivity index (χ3n) is 9.68. The Morgan fingerprint density at radius 1 is 0.837 bits per heavy atom. The number of thiazole rings is 1. The summed E-state index contributed by atoms with van der Waals surface area (Å²) in [7, 11) is 0. The Morgan fingerprint density at radius 3 is 1.98 bits per heavy atom. The molecule has 254 valence electrons. The lowest BCUT2D eigenvalue weighted by atomic mass is 9.94. The molecule has 0 saturated carbocycles. The SMILES string of the molecule is C=C1C(C(=O)Nc2cccc(-c3cccc(NC(=O)c4nc5c(s4)CN(C(C)C(=O)O)CC5)c3C)c2C)=NC2=C1CN(C(C)C(=O)O)CC2. The molecule has 0 saturated heterocycles. The standard InChI is InChI=1S/C36H38N6O6S/c1-18-23(8-6-10-26(18)38-32(43)31-20(3)25-16-41(21(4)35(45)46)14-12-28(25)37-31)24-9-7-11-27(19(24)2)39-33(44)34-40-29-13-15-42(17-30(29)49-34)22(5)36(47)48/h6-11,21-22H,3,12-17H2,1-2,4-5H3,(H,38,43)(H,39,44)(H,45,46)(H,47,48). The van der Waals surface area contributed by atoms with Crippen LogP contribution in [-0.2, 0) is 27.3 Å². The van der Waals surface area contributed by atoms with E-state index in [2.05, 4.69) is 27.2 Å². The summed E-state index contributed by atoms with van der Waals surface area (Å²) < 4.78 is 0. The van der Waals surface area contributed by atoms with Crippen molar-refractivity contribution in [1.29, 1.82) is 0 Å². The Hall–Kier alpha value is -4.98. The number of amides is 2. The molecule has 0 radical (unpaired) electrons. The van der Waals surface area contributed by atoms with Crippen LogP contribution >= 0.6 is 11.3 Å². The van der Waals surface area contributed by atoms with Gasteiger partial charge in [0.1, 0.15) is 17.8 Å². The topological polar surface area (TPSA) is 165 Å². The van der Waals surface area contributed by atoms with Crippen LogP contribution in [0.3, 0.4) is 0 Å². The first-order valence-corrected chi connectivity index (χ1v) is 16.9. The van der Waals surface area contributed by atoms with Gasteiger partial charge in [0.25, 0.3) is 11.8 Å². The molecule has 2 aromatic carbocycles. The molecule has 12 nitrogen and oxygen atoms in total. The second-order valence-corrected chi connectivity index (χ2v) is 13.7. The van der Waals surface area contributed by atoms with Gasteiger partial charge in [0, 0.05) is 66.5 Å². The van der Waals surface area contributed by atoms with Crippen LogP contribution in [0.4, 0.5) is 11.4 Å². The summed E-state index contributed by atoms with van der Waals surface area (Å²) in [5, 5.41) is 25.2. The predicted molar refractivity (Wildman–Crippen MR) is 188 cm³/mol. The van der Waals surface area contributed by atoms with Crippen molar-refractivity contribution >= 4 is 52.2 Å². The summed E-state index contributed by atoms with van der Waals surface area (Å²) in [6.07, 6.45) is 1.13. The Kier molecular flexibility index (Phi) is 9.34. The quantitative estimate of drug-likeness (QED) is 0.246. The Bertz CT molecular complexity index is 1980. The number of hydrogen-bond donors (Lipinski definition) is 4. The van der Waals surface area contributed by atoms with Crippen LogP contribution in [-0.4, -0.2) is 86.2 Å². The lowest BCUT2D eigenvalue weighted by Crippen LogP contribution is -2.42. The van der Waals surface area contributed by atoms with Gasteiger partial charge in [-0.25, -0.2) is 9.98 Å². The van der Waals surface area contributed by atoms with Crippen molar-refractivity contribution < 1.29 is 29.4 Å². The molecule has 0 fully saturated rings. The van der Waals surface area contributed by atoms with Gasteiger partial charge in [-0.2, -0.15) is 0 Å². The Balaban J connectivity index is 1.16. The molecule has 0 bridgehead atoms. The van der Waals surface area contributed by atoms with E-state index in [1.54, 1.807) is 13.8 Å². The van der Waals surface area contributed by atoms with Gasteiger partial charge >= 0.3 is 11.9 Å². The molecule has 0 aliphatic carbocycles. The summed E-state index contributed by atoms with van der Waals surface area (Å²) in [5.41, 5.74) is 7.83. The van der Waals surface area contributed by atoms with E-state index >= 15 is 0 Å². The molecule has 2 atom stereocenters. The normalized spacial score (nSPS) is 17.6. The van der Waals surface area contributed by atoms with Gasteiger partial charge in [0.2, 0.25) is 0 Å². The number of nitrogens with one attached hydrogen (secondary N) is 2. The number of aliphatic imine (C=N–C) groups is 1. The summed E-state index contributed by atoms with van der Waals surface area (Å²) in [6, 6.07) is 10.0. The lowest BCUT2D eigenvalue weighted by molar-refractivity contribution is -0.143. The number of carbonyl (C=O) groups is 4. The van der Waals surface area contributed by atoms with E-state index in [4.69, 9.17) is 0 Å². The first-order valence-electron chi connectivity index (χ1n) is 16.1. The number of carboxylic acids is 2. The average Bonchev–Trinajstić information content (AvgIpc) is 3.66. The number of nitrogens with zero attached hydrogens (tertiary/aromatic N) is 4. The van der Waals surface area contributed by atoms with Gasteiger partial charge in [0.15, 0.2) is 5.01 Å². The number of anilines is 2. The van der Waals surface area contributed by atoms with E-state index in [0.717, 1.165) is 44.1 Å². The number of rotatable bonds is 9. The molecule has 13 heteroatoms. The largest absolute Gasteiger partial charge is 0.480 e. The van der Waals surface area contributed by atoms with Crippen LogP contribution in [0.15, 0.2) is 64.8 Å². The molecule has 4 heterocycles. The van der Waals surface area contributed by atoms with Crippen LogP contribution in [0.5, 0.6) is 0 Å². The highest BCUT2D eigenvalue weighted by Crippen LogP contribution is 2.36. The van der Waals surface area contributed by atoms with Gasteiger partial charge in [-0.15, -0.1) is 11.3 Å². The van der Waals surface area contributed by atoms with Crippen molar-refractivity contribution in [2.24, 2.45) is 4.99 Å². The number of aliphatic carboxylic acids is 2. The van der Waals surface area contributed by atoms with Crippen molar-refractivity contribution in [2.75, 3.05) is 30.3 Å².